The molecule has 1 saturated heterocycles. The molecule has 3 aromatic heterocycles. The van der Waals surface area contributed by atoms with E-state index >= 15 is 0 Å². The third-order valence-corrected chi connectivity index (χ3v) is 4.23. The Balaban J connectivity index is 1.54. The lowest BCUT2D eigenvalue weighted by atomic mass is 10.1. The van der Waals surface area contributed by atoms with E-state index in [1.54, 1.807) is 12.4 Å². The van der Waals surface area contributed by atoms with Gasteiger partial charge >= 0.3 is 0 Å². The molecule has 0 aromatic carbocycles. The molecule has 0 spiro atoms. The fraction of sp³-hybridized carbons (Fsp3) is 0.278. The largest absolute Gasteiger partial charge is 0.378 e. The Morgan fingerprint density at radius 2 is 2.00 bits per heavy atom. The number of hydrogen-bond donors (Lipinski definition) is 2. The minimum absolute atomic E-state index is 0.134. The maximum Gasteiger partial charge on any atom is 0.133 e. The highest BCUT2D eigenvalue weighted by Crippen LogP contribution is 2.24. The summed E-state index contributed by atoms with van der Waals surface area (Å²) >= 11 is 0. The van der Waals surface area contributed by atoms with Gasteiger partial charge in [-0.2, -0.15) is 0 Å². The summed E-state index contributed by atoms with van der Waals surface area (Å²) in [6.07, 6.45) is 9.06. The normalized spacial score (nSPS) is 15.8. The zero-order valence-corrected chi connectivity index (χ0v) is 13.8. The van der Waals surface area contributed by atoms with Gasteiger partial charge in [-0.15, -0.1) is 0 Å². The van der Waals surface area contributed by atoms with E-state index in [1.807, 2.05) is 36.8 Å². The first kappa shape index (κ1) is 15.6. The van der Waals surface area contributed by atoms with Gasteiger partial charge in [-0.1, -0.05) is 6.07 Å². The molecular weight excluding hydrogens is 316 g/mol. The Labute approximate surface area is 146 Å². The minimum atomic E-state index is -0.134. The van der Waals surface area contributed by atoms with Crippen molar-refractivity contribution in [3.63, 3.8) is 0 Å². The van der Waals surface area contributed by atoms with Gasteiger partial charge in [0.2, 0.25) is 0 Å². The fourth-order valence-corrected chi connectivity index (χ4v) is 2.92. The second-order valence-electron chi connectivity index (χ2n) is 5.84. The van der Waals surface area contributed by atoms with Gasteiger partial charge in [-0.25, -0.2) is 9.97 Å². The molecule has 2 N–H and O–H groups in total. The molecule has 1 aliphatic rings. The van der Waals surface area contributed by atoms with E-state index in [-0.39, 0.29) is 6.04 Å². The van der Waals surface area contributed by atoms with Crippen molar-refractivity contribution in [3.8, 4) is 0 Å². The number of imidazole rings is 1. The molecule has 1 fully saturated rings. The highest BCUT2D eigenvalue weighted by atomic mass is 16.5. The highest BCUT2D eigenvalue weighted by Gasteiger charge is 2.17. The molecule has 1 unspecified atom stereocenters. The first-order valence-electron chi connectivity index (χ1n) is 8.34. The molecule has 0 saturated carbocycles. The number of hydrogen-bond acceptors (Lipinski definition) is 6. The molecule has 128 valence electrons. The maximum absolute atomic E-state index is 5.40. The summed E-state index contributed by atoms with van der Waals surface area (Å²) in [5.41, 5.74) is 2.14. The zero-order valence-electron chi connectivity index (χ0n) is 13.8. The summed E-state index contributed by atoms with van der Waals surface area (Å²) in [7, 11) is 0. The molecule has 7 nitrogen and oxygen atoms in total. The van der Waals surface area contributed by atoms with E-state index in [9.17, 15) is 0 Å². The van der Waals surface area contributed by atoms with Gasteiger partial charge in [0.1, 0.15) is 17.7 Å². The summed E-state index contributed by atoms with van der Waals surface area (Å²) in [6.45, 7) is 3.33. The molecule has 4 rings (SSSR count). The number of aromatic nitrogens is 4. The number of anilines is 2. The predicted octanol–water partition coefficient (Wildman–Crippen LogP) is 2.24. The topological polar surface area (TPSA) is 79.0 Å². The molecule has 1 aliphatic heterocycles. The second kappa shape index (κ2) is 7.31. The molecule has 4 heterocycles. The number of nitrogens with one attached hydrogen (secondary N) is 2. The quantitative estimate of drug-likeness (QED) is 0.744. The van der Waals surface area contributed by atoms with Gasteiger partial charge in [-0.05, 0) is 18.2 Å². The average Bonchev–Trinajstić information content (AvgIpc) is 3.22. The molecule has 25 heavy (non-hydrogen) atoms. The first-order chi connectivity index (χ1) is 12.4. The van der Waals surface area contributed by atoms with Gasteiger partial charge in [0, 0.05) is 43.4 Å². The lowest BCUT2D eigenvalue weighted by Gasteiger charge is -2.28. The van der Waals surface area contributed by atoms with Gasteiger partial charge in [-0.3, -0.25) is 4.98 Å². The number of ether oxygens (including phenoxy) is 1. The Morgan fingerprint density at radius 1 is 1.08 bits per heavy atom. The predicted molar refractivity (Wildman–Crippen MR) is 95.6 cm³/mol. The van der Waals surface area contributed by atoms with Crippen LogP contribution in [-0.4, -0.2) is 46.2 Å². The molecule has 0 aliphatic carbocycles. The van der Waals surface area contributed by atoms with Crippen LogP contribution in [0.3, 0.4) is 0 Å². The van der Waals surface area contributed by atoms with Crippen molar-refractivity contribution in [2.24, 2.45) is 0 Å². The average molecular weight is 336 g/mol. The molecule has 0 radical (unpaired) electrons. The second-order valence-corrected chi connectivity index (χ2v) is 5.84. The fourth-order valence-electron chi connectivity index (χ4n) is 2.92. The van der Waals surface area contributed by atoms with E-state index < -0.39 is 0 Å². The van der Waals surface area contributed by atoms with E-state index in [4.69, 9.17) is 4.74 Å². The van der Waals surface area contributed by atoms with Crippen molar-refractivity contribution in [2.75, 3.05) is 36.5 Å². The van der Waals surface area contributed by atoms with Gasteiger partial charge in [0.15, 0.2) is 0 Å². The third-order valence-electron chi connectivity index (χ3n) is 4.23. The van der Waals surface area contributed by atoms with Crippen LogP contribution in [0.5, 0.6) is 0 Å². The van der Waals surface area contributed by atoms with Crippen LogP contribution in [-0.2, 0) is 4.74 Å². The Morgan fingerprint density at radius 3 is 2.68 bits per heavy atom. The number of pyridine rings is 2. The monoisotopic (exact) mass is 336 g/mol. The molecule has 0 amide bonds. The summed E-state index contributed by atoms with van der Waals surface area (Å²) in [5.74, 6) is 1.62. The Kier molecular flexibility index (Phi) is 4.56. The van der Waals surface area contributed by atoms with Crippen LogP contribution < -0.4 is 10.2 Å². The van der Waals surface area contributed by atoms with Gasteiger partial charge < -0.3 is 19.9 Å². The van der Waals surface area contributed by atoms with Crippen LogP contribution in [0, 0.1) is 0 Å². The third kappa shape index (κ3) is 3.61. The standard InChI is InChI=1S/C18H20N6O/c1-2-14(12-19-5-1)17(18-20-6-7-21-18)23-16-4-3-15(13-22-16)24-8-10-25-11-9-24/h1-7,12-13,17H,8-11H2,(H,20,21)(H,22,23). The van der Waals surface area contributed by atoms with E-state index in [0.717, 1.165) is 49.2 Å². The first-order valence-corrected chi connectivity index (χ1v) is 8.34. The van der Waals surface area contributed by atoms with Crippen LogP contribution in [0.2, 0.25) is 0 Å². The number of H-pyrrole nitrogens is 1. The highest BCUT2D eigenvalue weighted by molar-refractivity contribution is 5.51. The lowest BCUT2D eigenvalue weighted by Crippen LogP contribution is -2.36. The molecule has 3 aromatic rings. The lowest BCUT2D eigenvalue weighted by molar-refractivity contribution is 0.122. The minimum Gasteiger partial charge on any atom is -0.378 e. The number of nitrogens with zero attached hydrogens (tertiary/aromatic N) is 4. The summed E-state index contributed by atoms with van der Waals surface area (Å²) in [4.78, 5) is 18.6. The van der Waals surface area contributed by atoms with E-state index in [1.165, 1.54) is 0 Å². The van der Waals surface area contributed by atoms with Crippen LogP contribution in [0.25, 0.3) is 0 Å². The van der Waals surface area contributed by atoms with E-state index in [2.05, 4.69) is 36.2 Å². The van der Waals surface area contributed by atoms with Crippen LogP contribution in [0.15, 0.2) is 55.2 Å². The van der Waals surface area contributed by atoms with Crippen molar-refractivity contribution in [3.05, 3.63) is 66.6 Å². The summed E-state index contributed by atoms with van der Waals surface area (Å²) < 4.78 is 5.40. The molecular formula is C18H20N6O. The van der Waals surface area contributed by atoms with E-state index in [0.29, 0.717) is 0 Å². The molecule has 0 bridgehead atoms. The van der Waals surface area contributed by atoms with Crippen molar-refractivity contribution < 1.29 is 4.74 Å². The molecule has 7 heteroatoms. The van der Waals surface area contributed by atoms with Crippen molar-refractivity contribution in [2.45, 2.75) is 6.04 Å². The Bertz CT molecular complexity index is 769. The van der Waals surface area contributed by atoms with Crippen LogP contribution in [0.4, 0.5) is 11.5 Å². The zero-order chi connectivity index (χ0) is 16.9. The van der Waals surface area contributed by atoms with Crippen molar-refractivity contribution >= 4 is 11.5 Å². The van der Waals surface area contributed by atoms with Crippen molar-refractivity contribution in [1.82, 2.24) is 19.9 Å². The number of rotatable bonds is 5. The Hall–Kier alpha value is -2.93. The van der Waals surface area contributed by atoms with Gasteiger partial charge in [0.05, 0.1) is 25.1 Å². The maximum atomic E-state index is 5.40. The SMILES string of the molecule is c1cncc(C(Nc2ccc(N3CCOCC3)cn2)c2ncc[nH]2)c1. The number of aromatic amines is 1. The van der Waals surface area contributed by atoms with Crippen molar-refractivity contribution in [1.29, 1.82) is 0 Å². The summed E-state index contributed by atoms with van der Waals surface area (Å²) in [6, 6.07) is 7.89. The van der Waals surface area contributed by atoms with Crippen LogP contribution >= 0.6 is 0 Å². The summed E-state index contributed by atoms with van der Waals surface area (Å²) in [5, 5.41) is 3.44. The number of morpholine rings is 1. The van der Waals surface area contributed by atoms with Crippen LogP contribution in [0.1, 0.15) is 17.4 Å². The van der Waals surface area contributed by atoms with Gasteiger partial charge in [0.25, 0.3) is 0 Å². The molecule has 1 atom stereocenters. The smallest absolute Gasteiger partial charge is 0.133 e.